The minimum atomic E-state index is 0.770. The van der Waals surface area contributed by atoms with Crippen LogP contribution in [0.5, 0.6) is 0 Å². The monoisotopic (exact) mass is 156 g/mol. The zero-order valence-corrected chi connectivity index (χ0v) is 7.69. The van der Waals surface area contributed by atoms with Gasteiger partial charge in [0.15, 0.2) is 0 Å². The predicted molar refractivity (Wildman–Crippen MR) is 48.5 cm³/mol. The Labute approximate surface area is 69.8 Å². The van der Waals surface area contributed by atoms with Crippen LogP contribution in [0, 0.1) is 5.92 Å². The van der Waals surface area contributed by atoms with Crippen molar-refractivity contribution in [2.24, 2.45) is 5.92 Å². The molecule has 0 aromatic rings. The molecule has 0 radical (unpaired) electrons. The van der Waals surface area contributed by atoms with Crippen LogP contribution >= 0.6 is 0 Å². The first-order valence-electron chi connectivity index (χ1n) is 4.71. The number of nitrogens with one attached hydrogen (secondary N) is 2. The molecule has 1 saturated carbocycles. The van der Waals surface area contributed by atoms with Gasteiger partial charge in [-0.3, -0.25) is 0 Å². The average molecular weight is 156 g/mol. The van der Waals surface area contributed by atoms with Gasteiger partial charge in [0.1, 0.15) is 0 Å². The van der Waals surface area contributed by atoms with Gasteiger partial charge >= 0.3 is 0 Å². The van der Waals surface area contributed by atoms with E-state index in [1.54, 1.807) is 0 Å². The summed E-state index contributed by atoms with van der Waals surface area (Å²) >= 11 is 0. The van der Waals surface area contributed by atoms with E-state index in [0.29, 0.717) is 0 Å². The standard InChI is InChI=1S/C9H20N2/c1-8-4-3-5-9(6-8)11-7-10-2/h8-11H,3-7H2,1-2H3/t8-,9+/m1/s1. The van der Waals surface area contributed by atoms with Crippen LogP contribution in [0.15, 0.2) is 0 Å². The second-order valence-corrected chi connectivity index (χ2v) is 3.70. The third-order valence-electron chi connectivity index (χ3n) is 2.50. The molecule has 11 heavy (non-hydrogen) atoms. The first-order chi connectivity index (χ1) is 5.33. The van der Waals surface area contributed by atoms with Crippen LogP contribution in [0.4, 0.5) is 0 Å². The van der Waals surface area contributed by atoms with Crippen molar-refractivity contribution in [3.8, 4) is 0 Å². The quantitative estimate of drug-likeness (QED) is 0.602. The van der Waals surface area contributed by atoms with E-state index in [2.05, 4.69) is 17.6 Å². The summed E-state index contributed by atoms with van der Waals surface area (Å²) in [5.74, 6) is 0.929. The van der Waals surface area contributed by atoms with Crippen molar-refractivity contribution in [1.82, 2.24) is 10.6 Å². The molecule has 2 N–H and O–H groups in total. The van der Waals surface area contributed by atoms with Crippen molar-refractivity contribution in [3.05, 3.63) is 0 Å². The highest BCUT2D eigenvalue weighted by molar-refractivity contribution is 4.74. The third-order valence-corrected chi connectivity index (χ3v) is 2.50. The molecule has 2 nitrogen and oxygen atoms in total. The molecule has 2 atom stereocenters. The fraction of sp³-hybridized carbons (Fsp3) is 1.00. The van der Waals surface area contributed by atoms with E-state index in [4.69, 9.17) is 0 Å². The summed E-state index contributed by atoms with van der Waals surface area (Å²) in [6.07, 6.45) is 5.56. The van der Waals surface area contributed by atoms with Gasteiger partial charge in [0.05, 0.1) is 0 Å². The highest BCUT2D eigenvalue weighted by Gasteiger charge is 2.17. The fourth-order valence-electron chi connectivity index (χ4n) is 1.87. The van der Waals surface area contributed by atoms with Crippen LogP contribution in [0.25, 0.3) is 0 Å². The van der Waals surface area contributed by atoms with Crippen LogP contribution in [0.2, 0.25) is 0 Å². The lowest BCUT2D eigenvalue weighted by Crippen LogP contribution is -2.38. The molecule has 0 unspecified atom stereocenters. The van der Waals surface area contributed by atoms with Crippen LogP contribution < -0.4 is 10.6 Å². The summed E-state index contributed by atoms with van der Waals surface area (Å²) in [6.45, 7) is 3.31. The maximum atomic E-state index is 3.49. The van der Waals surface area contributed by atoms with Gasteiger partial charge in [-0.2, -0.15) is 0 Å². The summed E-state index contributed by atoms with van der Waals surface area (Å²) in [7, 11) is 1.99. The Bertz CT molecular complexity index is 104. The summed E-state index contributed by atoms with van der Waals surface area (Å²) in [5, 5.41) is 6.61. The largest absolute Gasteiger partial charge is 0.308 e. The van der Waals surface area contributed by atoms with Crippen LogP contribution in [-0.4, -0.2) is 19.8 Å². The topological polar surface area (TPSA) is 24.1 Å². The van der Waals surface area contributed by atoms with Gasteiger partial charge in [0.2, 0.25) is 0 Å². The van der Waals surface area contributed by atoms with Crippen molar-refractivity contribution >= 4 is 0 Å². The molecule has 0 aliphatic heterocycles. The minimum absolute atomic E-state index is 0.770. The Morgan fingerprint density at radius 1 is 1.36 bits per heavy atom. The summed E-state index contributed by atoms with van der Waals surface area (Å²) in [5.41, 5.74) is 0. The summed E-state index contributed by atoms with van der Waals surface area (Å²) in [6, 6.07) is 0.770. The molecule has 0 aromatic heterocycles. The molecule has 0 amide bonds. The van der Waals surface area contributed by atoms with E-state index in [9.17, 15) is 0 Å². The lowest BCUT2D eigenvalue weighted by atomic mass is 9.87. The van der Waals surface area contributed by atoms with E-state index in [1.165, 1.54) is 25.7 Å². The van der Waals surface area contributed by atoms with Crippen LogP contribution in [-0.2, 0) is 0 Å². The average Bonchev–Trinajstić information content (AvgIpc) is 2.01. The maximum Gasteiger partial charge on any atom is 0.0453 e. The van der Waals surface area contributed by atoms with Gasteiger partial charge in [-0.15, -0.1) is 0 Å². The van der Waals surface area contributed by atoms with Crippen molar-refractivity contribution in [2.75, 3.05) is 13.7 Å². The normalized spacial score (nSPS) is 32.2. The highest BCUT2D eigenvalue weighted by atomic mass is 15.1. The molecule has 1 fully saturated rings. The zero-order valence-electron chi connectivity index (χ0n) is 7.69. The van der Waals surface area contributed by atoms with Gasteiger partial charge in [0, 0.05) is 12.7 Å². The van der Waals surface area contributed by atoms with E-state index >= 15 is 0 Å². The van der Waals surface area contributed by atoms with E-state index in [1.807, 2.05) is 7.05 Å². The molecule has 1 aliphatic carbocycles. The zero-order chi connectivity index (χ0) is 8.10. The molecule has 0 bridgehead atoms. The maximum absolute atomic E-state index is 3.49. The van der Waals surface area contributed by atoms with Crippen molar-refractivity contribution in [1.29, 1.82) is 0 Å². The number of hydrogen-bond acceptors (Lipinski definition) is 2. The molecule has 0 spiro atoms. The molecule has 2 heteroatoms. The number of hydrogen-bond donors (Lipinski definition) is 2. The minimum Gasteiger partial charge on any atom is -0.308 e. The number of rotatable bonds is 3. The smallest absolute Gasteiger partial charge is 0.0453 e. The molecule has 0 aromatic carbocycles. The molecular weight excluding hydrogens is 136 g/mol. The third kappa shape index (κ3) is 3.21. The first-order valence-corrected chi connectivity index (χ1v) is 4.71. The summed E-state index contributed by atoms with van der Waals surface area (Å²) < 4.78 is 0. The van der Waals surface area contributed by atoms with Crippen molar-refractivity contribution < 1.29 is 0 Å². The second kappa shape index (κ2) is 4.73. The fourth-order valence-corrected chi connectivity index (χ4v) is 1.87. The van der Waals surface area contributed by atoms with Gasteiger partial charge in [-0.1, -0.05) is 19.8 Å². The van der Waals surface area contributed by atoms with Gasteiger partial charge in [-0.25, -0.2) is 0 Å². The van der Waals surface area contributed by atoms with Crippen molar-refractivity contribution in [2.45, 2.75) is 38.6 Å². The van der Waals surface area contributed by atoms with E-state index in [-0.39, 0.29) is 0 Å². The van der Waals surface area contributed by atoms with Crippen LogP contribution in [0.1, 0.15) is 32.6 Å². The Balaban J connectivity index is 2.12. The Morgan fingerprint density at radius 2 is 2.18 bits per heavy atom. The van der Waals surface area contributed by atoms with Gasteiger partial charge in [-0.05, 0) is 25.8 Å². The van der Waals surface area contributed by atoms with Gasteiger partial charge < -0.3 is 10.6 Å². The molecule has 0 heterocycles. The SMILES string of the molecule is CNCN[C@H]1CCC[C@@H](C)C1. The van der Waals surface area contributed by atoms with Crippen molar-refractivity contribution in [3.63, 3.8) is 0 Å². The summed E-state index contributed by atoms with van der Waals surface area (Å²) in [4.78, 5) is 0. The Hall–Kier alpha value is -0.0800. The molecular formula is C9H20N2. The first kappa shape index (κ1) is 9.01. The van der Waals surface area contributed by atoms with Crippen LogP contribution in [0.3, 0.4) is 0 Å². The van der Waals surface area contributed by atoms with Gasteiger partial charge in [0.25, 0.3) is 0 Å². The predicted octanol–water partition coefficient (Wildman–Crippen LogP) is 1.33. The molecule has 1 rings (SSSR count). The molecule has 0 saturated heterocycles. The lowest BCUT2D eigenvalue weighted by Gasteiger charge is -2.27. The second-order valence-electron chi connectivity index (χ2n) is 3.70. The highest BCUT2D eigenvalue weighted by Crippen LogP contribution is 2.22. The molecule has 66 valence electrons. The lowest BCUT2D eigenvalue weighted by molar-refractivity contribution is 0.299. The molecule has 1 aliphatic rings. The van der Waals surface area contributed by atoms with E-state index < -0.39 is 0 Å². The van der Waals surface area contributed by atoms with E-state index in [0.717, 1.165) is 18.6 Å². The Morgan fingerprint density at radius 3 is 2.82 bits per heavy atom. The Kier molecular flexibility index (Phi) is 3.87.